The highest BCUT2D eigenvalue weighted by atomic mass is 16.6. The van der Waals surface area contributed by atoms with Gasteiger partial charge in [-0.1, -0.05) is 0 Å². The molecule has 2 atom stereocenters. The monoisotopic (exact) mass is 280 g/mol. The molecule has 1 heterocycles. The molecule has 1 aromatic rings. The van der Waals surface area contributed by atoms with Crippen molar-refractivity contribution < 1.29 is 19.6 Å². The molecule has 1 aliphatic rings. The summed E-state index contributed by atoms with van der Waals surface area (Å²) in [6.07, 6.45) is 0.708. The van der Waals surface area contributed by atoms with Crippen LogP contribution in [0, 0.1) is 10.1 Å². The Morgan fingerprint density at radius 3 is 2.75 bits per heavy atom. The van der Waals surface area contributed by atoms with Gasteiger partial charge in [0, 0.05) is 19.7 Å². The van der Waals surface area contributed by atoms with Crippen LogP contribution in [0.3, 0.4) is 0 Å². The van der Waals surface area contributed by atoms with E-state index < -0.39 is 10.9 Å². The molecule has 0 radical (unpaired) electrons. The van der Waals surface area contributed by atoms with E-state index in [1.54, 1.807) is 11.9 Å². The van der Waals surface area contributed by atoms with Gasteiger partial charge in [0.1, 0.15) is 5.69 Å². The minimum Gasteiger partial charge on any atom is -0.478 e. The Hall–Kier alpha value is -2.15. The summed E-state index contributed by atoms with van der Waals surface area (Å²) < 4.78 is 5.46. The first-order valence-corrected chi connectivity index (χ1v) is 6.28. The molecule has 7 nitrogen and oxygen atoms in total. The quantitative estimate of drug-likeness (QED) is 0.669. The van der Waals surface area contributed by atoms with Crippen molar-refractivity contribution in [2.75, 3.05) is 18.6 Å². The van der Waals surface area contributed by atoms with E-state index in [9.17, 15) is 14.9 Å². The maximum atomic E-state index is 11.1. The number of hydrogen-bond donors (Lipinski definition) is 1. The van der Waals surface area contributed by atoms with Gasteiger partial charge in [-0.2, -0.15) is 0 Å². The van der Waals surface area contributed by atoms with E-state index in [2.05, 4.69) is 0 Å². The second-order valence-corrected chi connectivity index (χ2v) is 4.81. The number of nitro groups is 1. The number of carboxylic acids is 1. The van der Waals surface area contributed by atoms with Crippen molar-refractivity contribution in [3.8, 4) is 0 Å². The van der Waals surface area contributed by atoms with E-state index >= 15 is 0 Å². The second-order valence-electron chi connectivity index (χ2n) is 4.81. The van der Waals surface area contributed by atoms with Gasteiger partial charge in [0.2, 0.25) is 0 Å². The molecule has 108 valence electrons. The molecule has 7 heteroatoms. The normalized spacial score (nSPS) is 21.7. The molecule has 1 aromatic carbocycles. The van der Waals surface area contributed by atoms with Gasteiger partial charge in [-0.25, -0.2) is 4.79 Å². The first-order chi connectivity index (χ1) is 9.41. The average Bonchev–Trinajstić information content (AvgIpc) is 2.83. The zero-order chi connectivity index (χ0) is 14.9. The Labute approximate surface area is 115 Å². The standard InChI is InChI=1S/C13H16N2O5/c1-8-10(5-6-20-8)14(2)12-7-9(13(16)17)3-4-11(12)15(18)19/h3-4,7-8,10H,5-6H2,1-2H3,(H,16,17). The van der Waals surface area contributed by atoms with Crippen LogP contribution in [0.15, 0.2) is 18.2 Å². The van der Waals surface area contributed by atoms with Gasteiger partial charge >= 0.3 is 5.97 Å². The van der Waals surface area contributed by atoms with E-state index in [1.807, 2.05) is 6.92 Å². The average molecular weight is 280 g/mol. The fourth-order valence-electron chi connectivity index (χ4n) is 2.50. The lowest BCUT2D eigenvalue weighted by molar-refractivity contribution is -0.384. The van der Waals surface area contributed by atoms with Crippen LogP contribution >= 0.6 is 0 Å². The molecule has 1 fully saturated rings. The van der Waals surface area contributed by atoms with Crippen LogP contribution in [0.2, 0.25) is 0 Å². The van der Waals surface area contributed by atoms with Gasteiger partial charge in [-0.3, -0.25) is 10.1 Å². The third-order valence-electron chi connectivity index (χ3n) is 3.63. The van der Waals surface area contributed by atoms with Crippen molar-refractivity contribution in [2.24, 2.45) is 0 Å². The molecular weight excluding hydrogens is 264 g/mol. The molecule has 20 heavy (non-hydrogen) atoms. The van der Waals surface area contributed by atoms with Crippen molar-refractivity contribution in [3.63, 3.8) is 0 Å². The van der Waals surface area contributed by atoms with Crippen molar-refractivity contribution in [1.29, 1.82) is 0 Å². The smallest absolute Gasteiger partial charge is 0.335 e. The molecular formula is C13H16N2O5. The van der Waals surface area contributed by atoms with E-state index in [-0.39, 0.29) is 23.4 Å². The molecule has 0 aliphatic carbocycles. The fourth-order valence-corrected chi connectivity index (χ4v) is 2.50. The van der Waals surface area contributed by atoms with Crippen LogP contribution in [0.5, 0.6) is 0 Å². The summed E-state index contributed by atoms with van der Waals surface area (Å²) in [6.45, 7) is 2.50. The van der Waals surface area contributed by atoms with E-state index in [4.69, 9.17) is 9.84 Å². The number of ether oxygens (including phenoxy) is 1. The summed E-state index contributed by atoms with van der Waals surface area (Å²) in [7, 11) is 1.73. The summed E-state index contributed by atoms with van der Waals surface area (Å²) in [4.78, 5) is 23.4. The van der Waals surface area contributed by atoms with Gasteiger partial charge in [-0.15, -0.1) is 0 Å². The first kappa shape index (κ1) is 14.3. The third-order valence-corrected chi connectivity index (χ3v) is 3.63. The largest absolute Gasteiger partial charge is 0.478 e. The third kappa shape index (κ3) is 2.57. The number of benzene rings is 1. The number of nitrogens with zero attached hydrogens (tertiary/aromatic N) is 2. The number of aromatic carboxylic acids is 1. The maximum absolute atomic E-state index is 11.1. The first-order valence-electron chi connectivity index (χ1n) is 6.28. The highest BCUT2D eigenvalue weighted by Crippen LogP contribution is 2.32. The predicted molar refractivity (Wildman–Crippen MR) is 72.3 cm³/mol. The van der Waals surface area contributed by atoms with Gasteiger partial charge in [-0.05, 0) is 25.5 Å². The van der Waals surface area contributed by atoms with Crippen molar-refractivity contribution in [2.45, 2.75) is 25.5 Å². The Morgan fingerprint density at radius 1 is 1.55 bits per heavy atom. The van der Waals surface area contributed by atoms with Crippen LogP contribution < -0.4 is 4.90 Å². The Kier molecular flexibility index (Phi) is 3.89. The van der Waals surface area contributed by atoms with E-state index in [1.165, 1.54) is 18.2 Å². The van der Waals surface area contributed by atoms with Gasteiger partial charge in [0.05, 0.1) is 22.6 Å². The number of nitro benzene ring substituents is 1. The van der Waals surface area contributed by atoms with Crippen LogP contribution in [0.4, 0.5) is 11.4 Å². The van der Waals surface area contributed by atoms with E-state index in [0.29, 0.717) is 12.3 Å². The Morgan fingerprint density at radius 2 is 2.25 bits per heavy atom. The minimum atomic E-state index is -1.11. The number of hydrogen-bond acceptors (Lipinski definition) is 5. The lowest BCUT2D eigenvalue weighted by Gasteiger charge is -2.28. The van der Waals surface area contributed by atoms with E-state index in [0.717, 1.165) is 6.42 Å². The second kappa shape index (κ2) is 5.46. The zero-order valence-corrected chi connectivity index (χ0v) is 11.3. The van der Waals surface area contributed by atoms with Crippen molar-refractivity contribution >= 4 is 17.3 Å². The number of likely N-dealkylation sites (N-methyl/N-ethyl adjacent to an activating group) is 1. The van der Waals surface area contributed by atoms with Crippen LogP contribution in [0.25, 0.3) is 0 Å². The molecule has 2 unspecified atom stereocenters. The minimum absolute atomic E-state index is 0.00209. The van der Waals surface area contributed by atoms with Crippen LogP contribution in [-0.2, 0) is 4.74 Å². The lowest BCUT2D eigenvalue weighted by atomic mass is 10.1. The lowest BCUT2D eigenvalue weighted by Crippen LogP contribution is -2.37. The Bertz CT molecular complexity index is 546. The van der Waals surface area contributed by atoms with Gasteiger partial charge in [0.15, 0.2) is 0 Å². The molecule has 0 saturated carbocycles. The zero-order valence-electron chi connectivity index (χ0n) is 11.3. The number of carboxylic acid groups (broad SMARTS) is 1. The summed E-state index contributed by atoms with van der Waals surface area (Å²) >= 11 is 0. The molecule has 0 bridgehead atoms. The van der Waals surface area contributed by atoms with Crippen LogP contribution in [0.1, 0.15) is 23.7 Å². The van der Waals surface area contributed by atoms with Gasteiger partial charge in [0.25, 0.3) is 5.69 Å². The highest BCUT2D eigenvalue weighted by molar-refractivity contribution is 5.90. The molecule has 1 N–H and O–H groups in total. The maximum Gasteiger partial charge on any atom is 0.335 e. The summed E-state index contributed by atoms with van der Waals surface area (Å²) in [6, 6.07) is 3.81. The number of carbonyl (C=O) groups is 1. The van der Waals surface area contributed by atoms with Crippen molar-refractivity contribution in [3.05, 3.63) is 33.9 Å². The van der Waals surface area contributed by atoms with Gasteiger partial charge < -0.3 is 14.7 Å². The number of anilines is 1. The number of rotatable bonds is 4. The van der Waals surface area contributed by atoms with Crippen LogP contribution in [-0.4, -0.2) is 41.8 Å². The SMILES string of the molecule is CC1OCCC1N(C)c1cc(C(=O)O)ccc1[N+](=O)[O-]. The fraction of sp³-hybridized carbons (Fsp3) is 0.462. The summed E-state index contributed by atoms with van der Waals surface area (Å²) in [5, 5.41) is 20.1. The molecule has 2 rings (SSSR count). The Balaban J connectivity index is 2.43. The topological polar surface area (TPSA) is 92.9 Å². The predicted octanol–water partition coefficient (Wildman–Crippen LogP) is 1.91. The van der Waals surface area contributed by atoms with Crippen molar-refractivity contribution in [1.82, 2.24) is 0 Å². The summed E-state index contributed by atoms with van der Waals surface area (Å²) in [5.41, 5.74) is 0.234. The molecule has 0 aromatic heterocycles. The summed E-state index contributed by atoms with van der Waals surface area (Å²) in [5.74, 6) is -1.11. The molecule has 1 saturated heterocycles. The molecule has 1 aliphatic heterocycles. The molecule has 0 amide bonds. The molecule has 0 spiro atoms. The highest BCUT2D eigenvalue weighted by Gasteiger charge is 2.31.